The quantitative estimate of drug-likeness (QED) is 0.545. The summed E-state index contributed by atoms with van der Waals surface area (Å²) in [5, 5.41) is 0. The monoisotopic (exact) mass is 115 g/mol. The highest BCUT2D eigenvalue weighted by atomic mass is 14.4. The minimum atomic E-state index is 0.780. The normalized spacial score (nSPS) is 7.62. The van der Waals surface area contributed by atoms with Gasteiger partial charge in [0.25, 0.3) is 0 Å². The number of hydrogen-bond donors (Lipinski definition) is 1. The third-order valence-corrected chi connectivity index (χ3v) is 0.638. The average molecular weight is 115 g/mol. The van der Waals surface area contributed by atoms with E-state index in [2.05, 4.69) is 26.2 Å². The number of allylic oxidation sites excluding steroid dienone is 1. The Morgan fingerprint density at radius 2 is 1.88 bits per heavy atom. The molecule has 0 aliphatic heterocycles. The minimum absolute atomic E-state index is 0.780. The van der Waals surface area contributed by atoms with Gasteiger partial charge in [0.15, 0.2) is 0 Å². The molecule has 0 aromatic heterocycles. The van der Waals surface area contributed by atoms with Crippen LogP contribution in [-0.2, 0) is 0 Å². The maximum atomic E-state index is 4.50. The summed E-state index contributed by atoms with van der Waals surface area (Å²) in [6.07, 6.45) is 3.09. The summed E-state index contributed by atoms with van der Waals surface area (Å²) in [5.74, 6) is 0.780. The van der Waals surface area contributed by atoms with Gasteiger partial charge < -0.3 is 5.73 Å². The van der Waals surface area contributed by atoms with Crippen LogP contribution in [-0.4, -0.2) is 7.05 Å². The largest absolute Gasteiger partial charge is 0.333 e. The molecular weight excluding hydrogens is 98.1 g/mol. The van der Waals surface area contributed by atoms with Crippen molar-refractivity contribution in [1.82, 2.24) is 0 Å². The lowest BCUT2D eigenvalue weighted by molar-refractivity contribution is 0.664. The molecule has 1 nitrogen and oxygen atoms in total. The molecule has 2 N–H and O–H groups in total. The summed E-state index contributed by atoms with van der Waals surface area (Å²) in [7, 11) is 1.50. The zero-order valence-electron chi connectivity index (χ0n) is 6.15. The Bertz CT molecular complexity index is 39.7. The van der Waals surface area contributed by atoms with Crippen LogP contribution in [0.4, 0.5) is 0 Å². The van der Waals surface area contributed by atoms with Gasteiger partial charge in [-0.25, -0.2) is 0 Å². The van der Waals surface area contributed by atoms with Crippen molar-refractivity contribution >= 4 is 0 Å². The summed E-state index contributed by atoms with van der Waals surface area (Å²) in [5.41, 5.74) is 4.50. The lowest BCUT2D eigenvalue weighted by Gasteiger charge is -1.92. The fourth-order valence-electron chi connectivity index (χ4n) is 0.333. The first-order chi connectivity index (χ1) is 3.77. The van der Waals surface area contributed by atoms with Crippen LogP contribution < -0.4 is 5.73 Å². The fourth-order valence-corrected chi connectivity index (χ4v) is 0.333. The summed E-state index contributed by atoms with van der Waals surface area (Å²) in [4.78, 5) is 0. The highest BCUT2D eigenvalue weighted by Crippen LogP contribution is 1.96. The lowest BCUT2D eigenvalue weighted by atomic mass is 10.1. The SMILES string of the molecule is C=CCC(C)C.CN. The van der Waals surface area contributed by atoms with Crippen molar-refractivity contribution < 1.29 is 0 Å². The molecule has 0 atom stereocenters. The molecule has 0 unspecified atom stereocenters. The molecule has 8 heavy (non-hydrogen) atoms. The van der Waals surface area contributed by atoms with Gasteiger partial charge >= 0.3 is 0 Å². The minimum Gasteiger partial charge on any atom is -0.333 e. The number of hydrogen-bond acceptors (Lipinski definition) is 1. The molecule has 0 amide bonds. The first-order valence-corrected chi connectivity index (χ1v) is 2.96. The van der Waals surface area contributed by atoms with Gasteiger partial charge in [-0.1, -0.05) is 19.9 Å². The van der Waals surface area contributed by atoms with Crippen molar-refractivity contribution in [2.45, 2.75) is 20.3 Å². The maximum Gasteiger partial charge on any atom is -0.0195 e. The highest BCUT2D eigenvalue weighted by Gasteiger charge is 1.82. The topological polar surface area (TPSA) is 26.0 Å². The van der Waals surface area contributed by atoms with E-state index >= 15 is 0 Å². The van der Waals surface area contributed by atoms with E-state index in [4.69, 9.17) is 0 Å². The zero-order chi connectivity index (χ0) is 6.99. The van der Waals surface area contributed by atoms with Crippen LogP contribution in [0.25, 0.3) is 0 Å². The van der Waals surface area contributed by atoms with Crippen molar-refractivity contribution in [3.63, 3.8) is 0 Å². The van der Waals surface area contributed by atoms with E-state index < -0.39 is 0 Å². The van der Waals surface area contributed by atoms with Crippen LogP contribution in [0.15, 0.2) is 12.7 Å². The molecule has 0 aromatic rings. The van der Waals surface area contributed by atoms with E-state index in [1.54, 1.807) is 0 Å². The van der Waals surface area contributed by atoms with Gasteiger partial charge in [0, 0.05) is 0 Å². The number of nitrogens with two attached hydrogens (primary N) is 1. The third kappa shape index (κ3) is 17.3. The van der Waals surface area contributed by atoms with Crippen LogP contribution in [0, 0.1) is 5.92 Å². The van der Waals surface area contributed by atoms with E-state index in [0.29, 0.717) is 0 Å². The molecule has 0 saturated carbocycles. The summed E-state index contributed by atoms with van der Waals surface area (Å²) in [6, 6.07) is 0. The van der Waals surface area contributed by atoms with Crippen LogP contribution in [0.1, 0.15) is 20.3 Å². The van der Waals surface area contributed by atoms with Gasteiger partial charge in [-0.2, -0.15) is 0 Å². The smallest absolute Gasteiger partial charge is 0.0195 e. The molecule has 0 aliphatic rings. The highest BCUT2D eigenvalue weighted by molar-refractivity contribution is 4.67. The lowest BCUT2D eigenvalue weighted by Crippen LogP contribution is -1.78. The Hall–Kier alpha value is -0.300. The van der Waals surface area contributed by atoms with Gasteiger partial charge in [-0.05, 0) is 19.4 Å². The van der Waals surface area contributed by atoms with Gasteiger partial charge in [0.2, 0.25) is 0 Å². The first kappa shape index (κ1) is 10.6. The predicted molar refractivity (Wildman–Crippen MR) is 39.8 cm³/mol. The molecule has 0 rings (SSSR count). The Labute approximate surface area is 52.6 Å². The Morgan fingerprint density at radius 3 is 1.88 bits per heavy atom. The first-order valence-electron chi connectivity index (χ1n) is 2.96. The molecule has 0 radical (unpaired) electrons. The van der Waals surface area contributed by atoms with Crippen molar-refractivity contribution in [2.75, 3.05) is 7.05 Å². The Kier molecular flexibility index (Phi) is 13.1. The van der Waals surface area contributed by atoms with E-state index in [1.165, 1.54) is 7.05 Å². The molecule has 1 heteroatoms. The molecule has 0 fully saturated rings. The maximum absolute atomic E-state index is 4.50. The van der Waals surface area contributed by atoms with Gasteiger partial charge in [0.05, 0.1) is 0 Å². The Balaban J connectivity index is 0. The molecule has 0 aromatic carbocycles. The van der Waals surface area contributed by atoms with Crippen molar-refractivity contribution in [1.29, 1.82) is 0 Å². The van der Waals surface area contributed by atoms with E-state index in [1.807, 2.05) is 6.08 Å². The third-order valence-electron chi connectivity index (χ3n) is 0.638. The second-order valence-electron chi connectivity index (χ2n) is 1.92. The predicted octanol–water partition coefficient (Wildman–Crippen LogP) is 1.79. The van der Waals surface area contributed by atoms with Gasteiger partial charge in [-0.3, -0.25) is 0 Å². The van der Waals surface area contributed by atoms with E-state index in [-0.39, 0.29) is 0 Å². The molecule has 0 heterocycles. The van der Waals surface area contributed by atoms with Crippen molar-refractivity contribution in [3.8, 4) is 0 Å². The van der Waals surface area contributed by atoms with Gasteiger partial charge in [0.1, 0.15) is 0 Å². The average Bonchev–Trinajstić information content (AvgIpc) is 1.72. The Morgan fingerprint density at radius 1 is 1.50 bits per heavy atom. The summed E-state index contributed by atoms with van der Waals surface area (Å²) >= 11 is 0. The van der Waals surface area contributed by atoms with E-state index in [0.717, 1.165) is 12.3 Å². The van der Waals surface area contributed by atoms with Gasteiger partial charge in [-0.15, -0.1) is 6.58 Å². The van der Waals surface area contributed by atoms with Crippen molar-refractivity contribution in [2.24, 2.45) is 11.7 Å². The van der Waals surface area contributed by atoms with Crippen LogP contribution in [0.3, 0.4) is 0 Å². The number of rotatable bonds is 2. The second kappa shape index (κ2) is 9.85. The summed E-state index contributed by atoms with van der Waals surface area (Å²) in [6.45, 7) is 7.97. The molecule has 0 bridgehead atoms. The second-order valence-corrected chi connectivity index (χ2v) is 1.92. The summed E-state index contributed by atoms with van der Waals surface area (Å²) < 4.78 is 0. The van der Waals surface area contributed by atoms with E-state index in [9.17, 15) is 0 Å². The molecule has 50 valence electrons. The molecule has 0 saturated heterocycles. The van der Waals surface area contributed by atoms with Crippen molar-refractivity contribution in [3.05, 3.63) is 12.7 Å². The standard InChI is InChI=1S/C6H12.CH5N/c1-4-5-6(2)3;1-2/h4,6H,1,5H2,2-3H3;2H2,1H3. The fraction of sp³-hybridized carbons (Fsp3) is 0.714. The van der Waals surface area contributed by atoms with Crippen LogP contribution in [0.2, 0.25) is 0 Å². The zero-order valence-corrected chi connectivity index (χ0v) is 6.15. The molecule has 0 aliphatic carbocycles. The van der Waals surface area contributed by atoms with Crippen LogP contribution in [0.5, 0.6) is 0 Å². The van der Waals surface area contributed by atoms with Crippen LogP contribution >= 0.6 is 0 Å². The molecule has 0 spiro atoms. The molecular formula is C7H17N.